The first-order chi connectivity index (χ1) is 9.54. The lowest BCUT2D eigenvalue weighted by molar-refractivity contribution is 0.0706. The van der Waals surface area contributed by atoms with Crippen molar-refractivity contribution in [3.8, 4) is 0 Å². The van der Waals surface area contributed by atoms with Crippen LogP contribution in [-0.2, 0) is 0 Å². The topological polar surface area (TPSA) is 46.3 Å². The van der Waals surface area contributed by atoms with Gasteiger partial charge >= 0.3 is 0 Å². The normalized spacial score (nSPS) is 15.3. The Labute approximate surface area is 121 Å². The Bertz CT molecular complexity index is 516. The predicted octanol–water partition coefficient (Wildman–Crippen LogP) is 3.46. The minimum atomic E-state index is 0.0843. The SMILES string of the molecule is C=CCN(C(=O)c1cc(N)c(C)cc1C)C1CCCC1. The van der Waals surface area contributed by atoms with Crippen LogP contribution in [-0.4, -0.2) is 23.4 Å². The zero-order valence-corrected chi connectivity index (χ0v) is 12.5. The van der Waals surface area contributed by atoms with Crippen molar-refractivity contribution < 1.29 is 4.79 Å². The van der Waals surface area contributed by atoms with E-state index >= 15 is 0 Å². The maximum Gasteiger partial charge on any atom is 0.254 e. The molecule has 1 aliphatic rings. The fourth-order valence-corrected chi connectivity index (χ4v) is 3.01. The van der Waals surface area contributed by atoms with Gasteiger partial charge in [-0.3, -0.25) is 4.79 Å². The van der Waals surface area contributed by atoms with E-state index in [2.05, 4.69) is 6.58 Å². The van der Waals surface area contributed by atoms with Crippen molar-refractivity contribution in [2.75, 3.05) is 12.3 Å². The fraction of sp³-hybridized carbons (Fsp3) is 0.471. The average molecular weight is 272 g/mol. The molecule has 0 radical (unpaired) electrons. The molecular formula is C17H24N2O. The summed E-state index contributed by atoms with van der Waals surface area (Å²) < 4.78 is 0. The minimum Gasteiger partial charge on any atom is -0.398 e. The van der Waals surface area contributed by atoms with Crippen molar-refractivity contribution in [2.45, 2.75) is 45.6 Å². The molecule has 3 heteroatoms. The number of carbonyl (C=O) groups excluding carboxylic acids is 1. The van der Waals surface area contributed by atoms with Crippen molar-refractivity contribution >= 4 is 11.6 Å². The van der Waals surface area contributed by atoms with Crippen molar-refractivity contribution in [2.24, 2.45) is 0 Å². The van der Waals surface area contributed by atoms with E-state index < -0.39 is 0 Å². The van der Waals surface area contributed by atoms with Crippen LogP contribution in [0.25, 0.3) is 0 Å². The third-order valence-electron chi connectivity index (χ3n) is 4.20. The van der Waals surface area contributed by atoms with Crippen LogP contribution in [0, 0.1) is 13.8 Å². The molecular weight excluding hydrogens is 248 g/mol. The zero-order valence-electron chi connectivity index (χ0n) is 12.5. The predicted molar refractivity (Wildman–Crippen MR) is 83.8 cm³/mol. The third kappa shape index (κ3) is 2.87. The highest BCUT2D eigenvalue weighted by molar-refractivity contribution is 5.97. The summed E-state index contributed by atoms with van der Waals surface area (Å²) in [4.78, 5) is 14.8. The molecule has 3 nitrogen and oxygen atoms in total. The number of hydrogen-bond donors (Lipinski definition) is 1. The van der Waals surface area contributed by atoms with E-state index in [1.54, 1.807) is 0 Å². The summed E-state index contributed by atoms with van der Waals surface area (Å²) in [6.07, 6.45) is 6.42. The summed E-state index contributed by atoms with van der Waals surface area (Å²) in [7, 11) is 0. The van der Waals surface area contributed by atoms with Gasteiger partial charge in [0.1, 0.15) is 0 Å². The van der Waals surface area contributed by atoms with Crippen LogP contribution in [0.3, 0.4) is 0 Å². The Morgan fingerprint density at radius 2 is 2.00 bits per heavy atom. The molecule has 2 rings (SSSR count). The Balaban J connectivity index is 2.31. The van der Waals surface area contributed by atoms with E-state index in [9.17, 15) is 4.79 Å². The molecule has 1 aliphatic carbocycles. The molecule has 108 valence electrons. The van der Waals surface area contributed by atoms with Gasteiger partial charge in [-0.1, -0.05) is 25.0 Å². The molecule has 1 aromatic carbocycles. The summed E-state index contributed by atoms with van der Waals surface area (Å²) in [5.74, 6) is 0.0843. The summed E-state index contributed by atoms with van der Waals surface area (Å²) in [5.41, 5.74) is 9.39. The minimum absolute atomic E-state index is 0.0843. The van der Waals surface area contributed by atoms with Gasteiger partial charge in [0, 0.05) is 23.8 Å². The van der Waals surface area contributed by atoms with Crippen molar-refractivity contribution in [3.05, 3.63) is 41.5 Å². The molecule has 0 atom stereocenters. The average Bonchev–Trinajstić information content (AvgIpc) is 2.93. The number of amides is 1. The molecule has 0 spiro atoms. The van der Waals surface area contributed by atoms with E-state index in [4.69, 9.17) is 5.73 Å². The third-order valence-corrected chi connectivity index (χ3v) is 4.20. The van der Waals surface area contributed by atoms with Crippen LogP contribution in [0.5, 0.6) is 0 Å². The van der Waals surface area contributed by atoms with Crippen LogP contribution in [0.15, 0.2) is 24.8 Å². The first kappa shape index (κ1) is 14.6. The molecule has 0 bridgehead atoms. The first-order valence-corrected chi connectivity index (χ1v) is 7.33. The maximum atomic E-state index is 12.8. The largest absolute Gasteiger partial charge is 0.398 e. The Morgan fingerprint density at radius 1 is 1.35 bits per heavy atom. The highest BCUT2D eigenvalue weighted by Gasteiger charge is 2.27. The molecule has 0 saturated heterocycles. The number of rotatable bonds is 4. The summed E-state index contributed by atoms with van der Waals surface area (Å²) in [5, 5.41) is 0. The van der Waals surface area contributed by atoms with Gasteiger partial charge in [-0.2, -0.15) is 0 Å². The molecule has 0 aliphatic heterocycles. The quantitative estimate of drug-likeness (QED) is 0.674. The molecule has 1 fully saturated rings. The molecule has 1 amide bonds. The van der Waals surface area contributed by atoms with Crippen LogP contribution >= 0.6 is 0 Å². The first-order valence-electron chi connectivity index (χ1n) is 7.33. The molecule has 1 aromatic rings. The van der Waals surface area contributed by atoms with Crippen LogP contribution in [0.2, 0.25) is 0 Å². The smallest absolute Gasteiger partial charge is 0.254 e. The standard InChI is InChI=1S/C17H24N2O/c1-4-9-19(14-7-5-6-8-14)17(20)15-11-16(18)13(3)10-12(15)2/h4,10-11,14H,1,5-9,18H2,2-3H3. The van der Waals surface area contributed by atoms with Gasteiger partial charge in [-0.05, 0) is 43.9 Å². The van der Waals surface area contributed by atoms with Gasteiger partial charge in [-0.25, -0.2) is 0 Å². The Kier molecular flexibility index (Phi) is 4.48. The second kappa shape index (κ2) is 6.12. The monoisotopic (exact) mass is 272 g/mol. The van der Waals surface area contributed by atoms with Gasteiger partial charge in [0.25, 0.3) is 5.91 Å². The molecule has 2 N–H and O–H groups in total. The number of aryl methyl sites for hydroxylation is 2. The van der Waals surface area contributed by atoms with Gasteiger partial charge in [-0.15, -0.1) is 6.58 Å². The zero-order chi connectivity index (χ0) is 14.7. The number of nitrogens with two attached hydrogens (primary N) is 1. The highest BCUT2D eigenvalue weighted by Crippen LogP contribution is 2.26. The van der Waals surface area contributed by atoms with Crippen molar-refractivity contribution in [3.63, 3.8) is 0 Å². The summed E-state index contributed by atoms with van der Waals surface area (Å²) in [6.45, 7) is 8.33. The molecule has 0 heterocycles. The highest BCUT2D eigenvalue weighted by atomic mass is 16.2. The van der Waals surface area contributed by atoms with Crippen molar-refractivity contribution in [1.29, 1.82) is 0 Å². The molecule has 20 heavy (non-hydrogen) atoms. The fourth-order valence-electron chi connectivity index (χ4n) is 3.01. The lowest BCUT2D eigenvalue weighted by Crippen LogP contribution is -2.39. The van der Waals surface area contributed by atoms with Gasteiger partial charge in [0.05, 0.1) is 0 Å². The van der Waals surface area contributed by atoms with Crippen LogP contribution in [0.4, 0.5) is 5.69 Å². The number of benzene rings is 1. The van der Waals surface area contributed by atoms with Crippen LogP contribution in [0.1, 0.15) is 47.2 Å². The number of anilines is 1. The molecule has 0 unspecified atom stereocenters. The summed E-state index contributed by atoms with van der Waals surface area (Å²) in [6, 6.07) is 4.16. The number of nitrogen functional groups attached to an aromatic ring is 1. The van der Waals surface area contributed by atoms with E-state index in [1.807, 2.05) is 37.0 Å². The number of hydrogen-bond acceptors (Lipinski definition) is 2. The van der Waals surface area contributed by atoms with Crippen molar-refractivity contribution in [1.82, 2.24) is 4.90 Å². The van der Waals surface area contributed by atoms with Gasteiger partial charge in [0.2, 0.25) is 0 Å². The Hall–Kier alpha value is -1.77. The second-order valence-corrected chi connectivity index (χ2v) is 5.71. The van der Waals surface area contributed by atoms with E-state index in [0.717, 1.165) is 29.5 Å². The number of carbonyl (C=O) groups is 1. The Morgan fingerprint density at radius 3 is 2.60 bits per heavy atom. The second-order valence-electron chi connectivity index (χ2n) is 5.71. The summed E-state index contributed by atoms with van der Waals surface area (Å²) >= 11 is 0. The van der Waals surface area contributed by atoms with E-state index in [-0.39, 0.29) is 5.91 Å². The van der Waals surface area contributed by atoms with E-state index in [1.165, 1.54) is 12.8 Å². The van der Waals surface area contributed by atoms with Gasteiger partial charge in [0.15, 0.2) is 0 Å². The van der Waals surface area contributed by atoms with Crippen LogP contribution < -0.4 is 5.73 Å². The maximum absolute atomic E-state index is 12.8. The molecule has 0 aromatic heterocycles. The molecule has 1 saturated carbocycles. The lowest BCUT2D eigenvalue weighted by Gasteiger charge is -2.28. The lowest BCUT2D eigenvalue weighted by atomic mass is 10.0. The van der Waals surface area contributed by atoms with Gasteiger partial charge < -0.3 is 10.6 Å². The van der Waals surface area contributed by atoms with E-state index in [0.29, 0.717) is 18.3 Å². The number of nitrogens with zero attached hydrogens (tertiary/aromatic N) is 1.